The van der Waals surface area contributed by atoms with Gasteiger partial charge in [0.15, 0.2) is 0 Å². The van der Waals surface area contributed by atoms with E-state index in [1.165, 1.54) is 23.9 Å². The van der Waals surface area contributed by atoms with Crippen LogP contribution in [0.5, 0.6) is 0 Å². The van der Waals surface area contributed by atoms with E-state index in [1.54, 1.807) is 72.8 Å². The van der Waals surface area contributed by atoms with Crippen LogP contribution in [0, 0.1) is 0 Å². The molecule has 5 N–H and O–H groups in total. The van der Waals surface area contributed by atoms with Crippen molar-refractivity contribution in [2.75, 3.05) is 16.4 Å². The Balaban J connectivity index is 1.46. The summed E-state index contributed by atoms with van der Waals surface area (Å²) in [4.78, 5) is 49.4. The van der Waals surface area contributed by atoms with Gasteiger partial charge in [-0.25, -0.2) is 4.79 Å². The van der Waals surface area contributed by atoms with Crippen molar-refractivity contribution < 1.29 is 24.3 Å². The fourth-order valence-corrected chi connectivity index (χ4v) is 4.47. The first-order valence-corrected chi connectivity index (χ1v) is 11.8. The maximum Gasteiger partial charge on any atom is 0.336 e. The number of rotatable bonds is 8. The standard InChI is InChI=1S/C27H21N3O5S/c28-25(32)19-10-1-2-13-22(19)30-23(31)15-36-18-9-5-8-17(14-18)29-26(33)20-11-3-6-16-7-4-12-21(24(16)20)27(34)35/h1-14H,15H2,(H2,28,32)(H,29,33)(H,30,31)(H,34,35). The van der Waals surface area contributed by atoms with Gasteiger partial charge in [-0.3, -0.25) is 14.4 Å². The number of thioether (sulfide) groups is 1. The molecule has 180 valence electrons. The molecule has 0 aliphatic rings. The van der Waals surface area contributed by atoms with Crippen LogP contribution < -0.4 is 16.4 Å². The summed E-state index contributed by atoms with van der Waals surface area (Å²) in [5, 5.41) is 16.1. The molecule has 8 nitrogen and oxygen atoms in total. The lowest BCUT2D eigenvalue weighted by Crippen LogP contribution is -2.19. The minimum Gasteiger partial charge on any atom is -0.478 e. The summed E-state index contributed by atoms with van der Waals surface area (Å²) >= 11 is 1.25. The van der Waals surface area contributed by atoms with E-state index in [0.29, 0.717) is 22.1 Å². The number of benzene rings is 4. The van der Waals surface area contributed by atoms with E-state index in [-0.39, 0.29) is 28.4 Å². The molecule has 0 aliphatic heterocycles. The Morgan fingerprint density at radius 1 is 0.778 bits per heavy atom. The van der Waals surface area contributed by atoms with Crippen molar-refractivity contribution in [3.05, 3.63) is 102 Å². The van der Waals surface area contributed by atoms with E-state index in [9.17, 15) is 24.3 Å². The van der Waals surface area contributed by atoms with Gasteiger partial charge in [-0.05, 0) is 47.9 Å². The Bertz CT molecular complexity index is 1500. The first-order valence-electron chi connectivity index (χ1n) is 10.8. The Morgan fingerprint density at radius 2 is 1.44 bits per heavy atom. The van der Waals surface area contributed by atoms with Crippen LogP contribution in [0.3, 0.4) is 0 Å². The third-order valence-electron chi connectivity index (χ3n) is 5.31. The van der Waals surface area contributed by atoms with E-state index in [0.717, 1.165) is 4.90 Å². The van der Waals surface area contributed by atoms with Crippen molar-refractivity contribution in [3.63, 3.8) is 0 Å². The molecule has 4 rings (SSSR count). The molecule has 0 radical (unpaired) electrons. The van der Waals surface area contributed by atoms with Gasteiger partial charge in [-0.2, -0.15) is 0 Å². The van der Waals surface area contributed by atoms with Gasteiger partial charge in [0, 0.05) is 21.5 Å². The number of carboxylic acids is 1. The second-order valence-corrected chi connectivity index (χ2v) is 8.79. The Kier molecular flexibility index (Phi) is 7.31. The number of primary amides is 1. The van der Waals surface area contributed by atoms with Gasteiger partial charge >= 0.3 is 5.97 Å². The molecule has 0 atom stereocenters. The molecule has 9 heteroatoms. The van der Waals surface area contributed by atoms with Crippen LogP contribution in [0.1, 0.15) is 31.1 Å². The second-order valence-electron chi connectivity index (χ2n) is 7.74. The van der Waals surface area contributed by atoms with E-state index in [4.69, 9.17) is 5.73 Å². The topological polar surface area (TPSA) is 139 Å². The summed E-state index contributed by atoms with van der Waals surface area (Å²) in [6.07, 6.45) is 0. The van der Waals surface area contributed by atoms with Crippen molar-refractivity contribution >= 4 is 57.6 Å². The van der Waals surface area contributed by atoms with Gasteiger partial charge in [0.1, 0.15) is 0 Å². The highest BCUT2D eigenvalue weighted by Crippen LogP contribution is 2.26. The molecule has 0 saturated carbocycles. The van der Waals surface area contributed by atoms with Gasteiger partial charge in [0.2, 0.25) is 5.91 Å². The number of anilines is 2. The van der Waals surface area contributed by atoms with Crippen molar-refractivity contribution in [2.45, 2.75) is 4.90 Å². The zero-order valence-electron chi connectivity index (χ0n) is 18.9. The summed E-state index contributed by atoms with van der Waals surface area (Å²) < 4.78 is 0. The highest BCUT2D eigenvalue weighted by molar-refractivity contribution is 8.00. The molecule has 4 aromatic carbocycles. The number of nitrogens with one attached hydrogen (secondary N) is 2. The molecular formula is C27H21N3O5S. The largest absolute Gasteiger partial charge is 0.478 e. The third-order valence-corrected chi connectivity index (χ3v) is 6.30. The molecule has 0 fully saturated rings. The van der Waals surface area contributed by atoms with E-state index >= 15 is 0 Å². The molecule has 0 saturated heterocycles. The van der Waals surface area contributed by atoms with Crippen molar-refractivity contribution in [1.29, 1.82) is 0 Å². The normalized spacial score (nSPS) is 10.6. The van der Waals surface area contributed by atoms with E-state index in [1.807, 2.05) is 0 Å². The number of amides is 3. The monoisotopic (exact) mass is 499 g/mol. The Morgan fingerprint density at radius 3 is 2.17 bits per heavy atom. The van der Waals surface area contributed by atoms with E-state index in [2.05, 4.69) is 10.6 Å². The SMILES string of the molecule is NC(=O)c1ccccc1NC(=O)CSc1cccc(NC(=O)c2cccc3cccc(C(=O)O)c23)c1. The molecule has 3 amide bonds. The highest BCUT2D eigenvalue weighted by atomic mass is 32.2. The van der Waals surface area contributed by atoms with Gasteiger partial charge < -0.3 is 21.5 Å². The summed E-state index contributed by atoms with van der Waals surface area (Å²) in [7, 11) is 0. The number of carbonyl (C=O) groups is 4. The van der Waals surface area contributed by atoms with Crippen LogP contribution in [0.4, 0.5) is 11.4 Å². The van der Waals surface area contributed by atoms with Gasteiger partial charge in [0.25, 0.3) is 11.8 Å². The maximum absolute atomic E-state index is 13.1. The summed E-state index contributed by atoms with van der Waals surface area (Å²) in [6.45, 7) is 0. The van der Waals surface area contributed by atoms with Crippen LogP contribution in [0.25, 0.3) is 10.8 Å². The highest BCUT2D eigenvalue weighted by Gasteiger charge is 2.17. The molecule has 0 bridgehead atoms. The predicted octanol–water partition coefficient (Wildman–Crippen LogP) is 4.62. The minimum atomic E-state index is -1.11. The number of hydrogen-bond acceptors (Lipinski definition) is 5. The molecule has 0 spiro atoms. The van der Waals surface area contributed by atoms with Gasteiger partial charge in [-0.15, -0.1) is 11.8 Å². The number of aromatic carboxylic acids is 1. The van der Waals surface area contributed by atoms with Crippen LogP contribution in [-0.2, 0) is 4.79 Å². The average Bonchev–Trinajstić information content (AvgIpc) is 2.87. The summed E-state index contributed by atoms with van der Waals surface area (Å²) in [5.41, 5.74) is 6.70. The summed E-state index contributed by atoms with van der Waals surface area (Å²) in [5.74, 6) is -2.45. The molecule has 0 aromatic heterocycles. The lowest BCUT2D eigenvalue weighted by Gasteiger charge is -2.11. The fourth-order valence-electron chi connectivity index (χ4n) is 3.71. The zero-order chi connectivity index (χ0) is 25.7. The number of nitrogens with two attached hydrogens (primary N) is 1. The van der Waals surface area contributed by atoms with E-state index < -0.39 is 17.8 Å². The van der Waals surface area contributed by atoms with Crippen molar-refractivity contribution in [2.24, 2.45) is 5.73 Å². The fraction of sp³-hybridized carbons (Fsp3) is 0.0370. The van der Waals surface area contributed by atoms with Crippen molar-refractivity contribution in [1.82, 2.24) is 0 Å². The van der Waals surface area contributed by atoms with Crippen molar-refractivity contribution in [3.8, 4) is 0 Å². The molecular weight excluding hydrogens is 478 g/mol. The maximum atomic E-state index is 13.1. The lowest BCUT2D eigenvalue weighted by molar-refractivity contribution is -0.113. The molecule has 0 heterocycles. The molecule has 0 aliphatic carbocycles. The number of carboxylic acid groups (broad SMARTS) is 1. The first kappa shape index (κ1) is 24.5. The Hall–Kier alpha value is -4.63. The zero-order valence-corrected chi connectivity index (χ0v) is 19.7. The van der Waals surface area contributed by atoms with Crippen LogP contribution in [0.2, 0.25) is 0 Å². The summed E-state index contributed by atoms with van der Waals surface area (Å²) in [6, 6.07) is 23.3. The smallest absolute Gasteiger partial charge is 0.336 e. The average molecular weight is 500 g/mol. The molecule has 36 heavy (non-hydrogen) atoms. The Labute approximate surface area is 210 Å². The van der Waals surface area contributed by atoms with Gasteiger partial charge in [0.05, 0.1) is 22.6 Å². The number of para-hydroxylation sites is 1. The quantitative estimate of drug-likeness (QED) is 0.261. The van der Waals surface area contributed by atoms with Crippen LogP contribution in [0.15, 0.2) is 89.8 Å². The number of fused-ring (bicyclic) bond motifs is 1. The first-order chi connectivity index (χ1) is 17.3. The molecule has 4 aromatic rings. The third kappa shape index (κ3) is 5.53. The van der Waals surface area contributed by atoms with Crippen LogP contribution in [-0.4, -0.2) is 34.6 Å². The minimum absolute atomic E-state index is 0.0477. The number of hydrogen-bond donors (Lipinski definition) is 4. The van der Waals surface area contributed by atoms with Gasteiger partial charge in [-0.1, -0.05) is 42.5 Å². The lowest BCUT2D eigenvalue weighted by atomic mass is 9.98. The number of carbonyl (C=O) groups excluding carboxylic acids is 3. The predicted molar refractivity (Wildman–Crippen MR) is 140 cm³/mol. The molecule has 0 unspecified atom stereocenters. The van der Waals surface area contributed by atoms with Crippen LogP contribution >= 0.6 is 11.8 Å². The second kappa shape index (κ2) is 10.7.